The summed E-state index contributed by atoms with van der Waals surface area (Å²) in [6.45, 7) is 6.31. The molecule has 0 amide bonds. The zero-order chi connectivity index (χ0) is 18.4. The van der Waals surface area contributed by atoms with Gasteiger partial charge in [0, 0.05) is 16.6 Å². The topological polar surface area (TPSA) is 66.4 Å². The minimum absolute atomic E-state index is 0.184. The van der Waals surface area contributed by atoms with Gasteiger partial charge in [-0.2, -0.15) is 0 Å². The van der Waals surface area contributed by atoms with Crippen LogP contribution >= 0.6 is 15.9 Å². The van der Waals surface area contributed by atoms with Crippen LogP contribution < -0.4 is 4.74 Å². The highest BCUT2D eigenvalue weighted by Crippen LogP contribution is 2.30. The molecule has 6 nitrogen and oxygen atoms in total. The summed E-state index contributed by atoms with van der Waals surface area (Å²) in [6.07, 6.45) is 0.826. The van der Waals surface area contributed by atoms with Gasteiger partial charge in [0.2, 0.25) is 0 Å². The number of hydrogen-bond donors (Lipinski definition) is 0. The molecular formula is C18H24BrNO5. The van der Waals surface area contributed by atoms with Gasteiger partial charge < -0.3 is 19.0 Å². The Hall–Kier alpha value is -1.60. The Morgan fingerprint density at radius 3 is 2.88 bits per heavy atom. The van der Waals surface area contributed by atoms with Gasteiger partial charge >= 0.3 is 5.97 Å². The molecule has 2 rings (SSSR count). The van der Waals surface area contributed by atoms with Crippen molar-refractivity contribution in [3.8, 4) is 5.75 Å². The van der Waals surface area contributed by atoms with E-state index >= 15 is 0 Å². The highest BCUT2D eigenvalue weighted by Gasteiger charge is 2.34. The summed E-state index contributed by atoms with van der Waals surface area (Å²) in [5.74, 6) is 0.0873. The van der Waals surface area contributed by atoms with Crippen LogP contribution in [-0.2, 0) is 19.1 Å². The van der Waals surface area contributed by atoms with Crippen molar-refractivity contribution in [1.82, 2.24) is 0 Å². The zero-order valence-electron chi connectivity index (χ0n) is 15.0. The number of nitrogens with zero attached hydrogens (tertiary/aromatic N) is 1. The second kappa shape index (κ2) is 9.20. The van der Waals surface area contributed by atoms with Gasteiger partial charge in [-0.1, -0.05) is 34.4 Å². The third kappa shape index (κ3) is 4.95. The molecule has 0 aliphatic carbocycles. The third-order valence-electron chi connectivity index (χ3n) is 3.86. The minimum atomic E-state index is -0.732. The van der Waals surface area contributed by atoms with Crippen LogP contribution in [0.2, 0.25) is 0 Å². The zero-order valence-corrected chi connectivity index (χ0v) is 16.5. The summed E-state index contributed by atoms with van der Waals surface area (Å²) in [4.78, 5) is 17.1. The Morgan fingerprint density at radius 1 is 1.44 bits per heavy atom. The van der Waals surface area contributed by atoms with E-state index in [0.717, 1.165) is 22.9 Å². The van der Waals surface area contributed by atoms with E-state index in [4.69, 9.17) is 19.0 Å². The Kier molecular flexibility index (Phi) is 7.25. The number of halogens is 1. The van der Waals surface area contributed by atoms with Gasteiger partial charge in [0.15, 0.2) is 12.2 Å². The summed E-state index contributed by atoms with van der Waals surface area (Å²) in [5.41, 5.74) is 1.40. The number of oxime groups is 1. The van der Waals surface area contributed by atoms with Crippen LogP contribution in [0, 0.1) is 0 Å². The smallest absolute Gasteiger partial charge is 0.346 e. The summed E-state index contributed by atoms with van der Waals surface area (Å²) >= 11 is 3.47. The number of unbranched alkanes of at least 4 members (excludes halogenated alkanes) is 1. The van der Waals surface area contributed by atoms with Crippen molar-refractivity contribution in [2.75, 3.05) is 13.7 Å². The molecule has 1 aromatic rings. The lowest BCUT2D eigenvalue weighted by Gasteiger charge is -2.20. The molecule has 0 radical (unpaired) electrons. The van der Waals surface area contributed by atoms with Gasteiger partial charge in [-0.3, -0.25) is 0 Å². The number of carbonyl (C=O) groups excluding carboxylic acids is 1. The molecule has 0 spiro atoms. The molecule has 25 heavy (non-hydrogen) atoms. The van der Waals surface area contributed by atoms with Gasteiger partial charge in [-0.05, 0) is 38.5 Å². The predicted molar refractivity (Wildman–Crippen MR) is 98.0 cm³/mol. The second-order valence-corrected chi connectivity index (χ2v) is 6.77. The fourth-order valence-electron chi connectivity index (χ4n) is 2.45. The van der Waals surface area contributed by atoms with Crippen LogP contribution in [0.25, 0.3) is 0 Å². The van der Waals surface area contributed by atoms with Crippen molar-refractivity contribution in [3.05, 3.63) is 28.2 Å². The number of hydrogen-bond acceptors (Lipinski definition) is 6. The van der Waals surface area contributed by atoms with Crippen LogP contribution in [0.3, 0.4) is 0 Å². The van der Waals surface area contributed by atoms with Crippen molar-refractivity contribution in [2.24, 2.45) is 5.16 Å². The van der Waals surface area contributed by atoms with E-state index in [1.54, 1.807) is 13.0 Å². The lowest BCUT2D eigenvalue weighted by Crippen LogP contribution is -2.32. The molecule has 0 N–H and O–H groups in total. The van der Waals surface area contributed by atoms with E-state index in [1.165, 1.54) is 7.11 Å². The number of rotatable bonds is 8. The quantitative estimate of drug-likeness (QED) is 0.480. The lowest BCUT2D eigenvalue weighted by molar-refractivity contribution is -0.147. The van der Waals surface area contributed by atoms with Crippen LogP contribution in [-0.4, -0.2) is 43.7 Å². The molecule has 0 saturated carbocycles. The first-order valence-corrected chi connectivity index (χ1v) is 9.17. The molecule has 0 saturated heterocycles. The first kappa shape index (κ1) is 19.7. The van der Waals surface area contributed by atoms with Crippen molar-refractivity contribution < 1.29 is 23.8 Å². The fourth-order valence-corrected chi connectivity index (χ4v) is 2.81. The molecule has 1 aliphatic heterocycles. The van der Waals surface area contributed by atoms with Crippen LogP contribution in [0.4, 0.5) is 0 Å². The molecular weight excluding hydrogens is 390 g/mol. The number of methoxy groups -OCH3 is 1. The second-order valence-electron chi connectivity index (χ2n) is 5.86. The summed E-state index contributed by atoms with van der Waals surface area (Å²) in [6, 6.07) is 5.51. The first-order valence-electron chi connectivity index (χ1n) is 8.37. The molecule has 3 atom stereocenters. The standard InChI is InChI=1S/C18H24BrNO5/c1-5-6-9-23-17-11(2)25-20-16(17)14-10-13(19)7-8-15(14)24-12(3)18(21)22-4/h7-8,10-12,17H,5-6,9H2,1-4H3. The van der Waals surface area contributed by atoms with Crippen molar-refractivity contribution >= 4 is 27.6 Å². The molecule has 7 heteroatoms. The first-order chi connectivity index (χ1) is 12.0. The minimum Gasteiger partial charge on any atom is -0.478 e. The average Bonchev–Trinajstić information content (AvgIpc) is 2.96. The SMILES string of the molecule is CCCCOC1C(c2cc(Br)ccc2OC(C)C(=O)OC)=NOC1C. The van der Waals surface area contributed by atoms with Gasteiger partial charge in [0.05, 0.1) is 7.11 Å². The lowest BCUT2D eigenvalue weighted by atomic mass is 10.0. The number of esters is 1. The predicted octanol–water partition coefficient (Wildman–Crippen LogP) is 3.70. The van der Waals surface area contributed by atoms with Crippen LogP contribution in [0.5, 0.6) is 5.75 Å². The van der Waals surface area contributed by atoms with Crippen LogP contribution in [0.15, 0.2) is 27.8 Å². The normalized spacial score (nSPS) is 20.6. The molecule has 0 aromatic heterocycles. The summed E-state index contributed by atoms with van der Waals surface area (Å²) in [7, 11) is 1.33. The third-order valence-corrected chi connectivity index (χ3v) is 4.36. The monoisotopic (exact) mass is 413 g/mol. The Balaban J connectivity index is 2.27. The largest absolute Gasteiger partial charge is 0.478 e. The number of ether oxygens (including phenoxy) is 3. The van der Waals surface area contributed by atoms with Gasteiger partial charge in [0.1, 0.15) is 17.6 Å². The summed E-state index contributed by atoms with van der Waals surface area (Å²) < 4.78 is 17.4. The van der Waals surface area contributed by atoms with Crippen molar-refractivity contribution in [2.45, 2.75) is 51.9 Å². The molecule has 3 unspecified atom stereocenters. The van der Waals surface area contributed by atoms with E-state index in [9.17, 15) is 4.79 Å². The van der Waals surface area contributed by atoms with E-state index in [-0.39, 0.29) is 12.2 Å². The van der Waals surface area contributed by atoms with E-state index < -0.39 is 12.1 Å². The van der Waals surface area contributed by atoms with Gasteiger partial charge in [0.25, 0.3) is 0 Å². The van der Waals surface area contributed by atoms with Crippen LogP contribution in [0.1, 0.15) is 39.2 Å². The summed E-state index contributed by atoms with van der Waals surface area (Å²) in [5, 5.41) is 4.20. The highest BCUT2D eigenvalue weighted by atomic mass is 79.9. The molecule has 0 fully saturated rings. The van der Waals surface area contributed by atoms with E-state index in [0.29, 0.717) is 18.1 Å². The Labute approximate surface area is 156 Å². The molecule has 1 heterocycles. The fraction of sp³-hybridized carbons (Fsp3) is 0.556. The van der Waals surface area contributed by atoms with E-state index in [1.807, 2.05) is 19.1 Å². The number of benzene rings is 1. The van der Waals surface area contributed by atoms with Crippen molar-refractivity contribution in [3.63, 3.8) is 0 Å². The maximum absolute atomic E-state index is 11.7. The average molecular weight is 414 g/mol. The highest BCUT2D eigenvalue weighted by molar-refractivity contribution is 9.10. The maximum Gasteiger partial charge on any atom is 0.346 e. The Morgan fingerprint density at radius 2 is 2.20 bits per heavy atom. The maximum atomic E-state index is 11.7. The molecule has 1 aromatic carbocycles. The Bertz CT molecular complexity index is 634. The molecule has 138 valence electrons. The van der Waals surface area contributed by atoms with Crippen molar-refractivity contribution in [1.29, 1.82) is 0 Å². The molecule has 1 aliphatic rings. The van der Waals surface area contributed by atoms with Gasteiger partial charge in [-0.25, -0.2) is 4.79 Å². The number of carbonyl (C=O) groups is 1. The van der Waals surface area contributed by atoms with E-state index in [2.05, 4.69) is 28.0 Å². The van der Waals surface area contributed by atoms with Gasteiger partial charge in [-0.15, -0.1) is 0 Å². The molecule has 0 bridgehead atoms.